The molecule has 2 saturated heterocycles. The third-order valence-electron chi connectivity index (χ3n) is 9.20. The minimum absolute atomic E-state index is 0.194. The lowest BCUT2D eigenvalue weighted by molar-refractivity contribution is -0.133. The van der Waals surface area contributed by atoms with E-state index in [0.717, 1.165) is 72.2 Å². The summed E-state index contributed by atoms with van der Waals surface area (Å²) in [7, 11) is 0. The van der Waals surface area contributed by atoms with Crippen LogP contribution in [0.3, 0.4) is 0 Å². The lowest BCUT2D eigenvalue weighted by atomic mass is 10.0. The molecular weight excluding hydrogens is 642 g/mol. The van der Waals surface area contributed by atoms with Gasteiger partial charge in [-0.25, -0.2) is 9.97 Å². The first-order valence-corrected chi connectivity index (χ1v) is 17.1. The van der Waals surface area contributed by atoms with Gasteiger partial charge >= 0.3 is 0 Å². The van der Waals surface area contributed by atoms with Crippen molar-refractivity contribution >= 4 is 46.4 Å². The summed E-state index contributed by atoms with van der Waals surface area (Å²) in [5.41, 5.74) is 7.77. The molecule has 1 atom stereocenters. The molecule has 7 rings (SSSR count). The molecule has 2 aliphatic heterocycles. The molecule has 12 heteroatoms. The van der Waals surface area contributed by atoms with Gasteiger partial charge in [-0.05, 0) is 85.1 Å². The maximum absolute atomic E-state index is 13.2. The van der Waals surface area contributed by atoms with Gasteiger partial charge in [0.05, 0.1) is 5.69 Å². The predicted molar refractivity (Wildman–Crippen MR) is 198 cm³/mol. The number of nitrogens with one attached hydrogen (secondary N) is 4. The number of nitrogens with zero attached hydrogens (tertiary/aromatic N) is 5. The smallest absolute Gasteiger partial charge is 0.255 e. The molecule has 2 aliphatic rings. The number of hydrogen-bond donors (Lipinski definition) is 4. The van der Waals surface area contributed by atoms with Crippen molar-refractivity contribution in [2.75, 3.05) is 47.0 Å². The summed E-state index contributed by atoms with van der Waals surface area (Å²) < 4.78 is 0. The van der Waals surface area contributed by atoms with Crippen LogP contribution in [-0.2, 0) is 16.1 Å². The van der Waals surface area contributed by atoms with Gasteiger partial charge in [0.1, 0.15) is 6.04 Å². The van der Waals surface area contributed by atoms with Crippen LogP contribution in [-0.4, -0.2) is 69.8 Å². The largest absolute Gasteiger partial charge is 0.373 e. The normalized spacial score (nSPS) is 16.3. The first-order chi connectivity index (χ1) is 24.9. The second-order valence-corrected chi connectivity index (χ2v) is 12.7. The van der Waals surface area contributed by atoms with Crippen molar-refractivity contribution in [2.45, 2.75) is 32.4 Å². The molecule has 12 nitrogen and oxygen atoms in total. The topological polar surface area (TPSA) is 144 Å². The highest BCUT2D eigenvalue weighted by molar-refractivity contribution is 6.04. The first kappa shape index (κ1) is 33.4. The van der Waals surface area contributed by atoms with Crippen LogP contribution < -0.4 is 26.2 Å². The van der Waals surface area contributed by atoms with Gasteiger partial charge in [0.2, 0.25) is 17.8 Å². The van der Waals surface area contributed by atoms with Crippen LogP contribution >= 0.6 is 0 Å². The molecule has 0 aliphatic carbocycles. The van der Waals surface area contributed by atoms with Gasteiger partial charge in [0.25, 0.3) is 5.91 Å². The van der Waals surface area contributed by atoms with E-state index >= 15 is 0 Å². The number of piperazine rings is 1. The van der Waals surface area contributed by atoms with Crippen LogP contribution in [0.2, 0.25) is 0 Å². The third kappa shape index (κ3) is 8.19. The Hall–Kier alpha value is -6.14. The zero-order chi connectivity index (χ0) is 35.2. The number of piperidine rings is 1. The van der Waals surface area contributed by atoms with Crippen molar-refractivity contribution in [1.82, 2.24) is 25.2 Å². The molecule has 2 aromatic heterocycles. The van der Waals surface area contributed by atoms with Gasteiger partial charge in [-0.3, -0.25) is 29.6 Å². The number of carbonyl (C=O) groups is 3. The van der Waals surface area contributed by atoms with E-state index in [9.17, 15) is 14.4 Å². The molecule has 4 heterocycles. The van der Waals surface area contributed by atoms with E-state index in [1.807, 2.05) is 85.8 Å². The number of hydrogen-bond acceptors (Lipinski definition) is 10. The first-order valence-electron chi connectivity index (χ1n) is 17.1. The Balaban J connectivity index is 0.927. The number of aryl methyl sites for hydroxylation is 1. The van der Waals surface area contributed by atoms with Crippen molar-refractivity contribution in [3.63, 3.8) is 0 Å². The van der Waals surface area contributed by atoms with Crippen LogP contribution in [0.5, 0.6) is 0 Å². The molecule has 0 bridgehead atoms. The fraction of sp³-hybridized carbons (Fsp3) is 0.231. The van der Waals surface area contributed by atoms with E-state index in [1.165, 1.54) is 0 Å². The number of amides is 3. The van der Waals surface area contributed by atoms with E-state index in [2.05, 4.69) is 52.1 Å². The predicted octanol–water partition coefficient (Wildman–Crippen LogP) is 5.38. The Labute approximate surface area is 296 Å². The maximum atomic E-state index is 13.2. The van der Waals surface area contributed by atoms with Crippen molar-refractivity contribution in [2.24, 2.45) is 0 Å². The molecule has 0 radical (unpaired) electrons. The Bertz CT molecular complexity index is 2030. The average molecular weight is 682 g/mol. The zero-order valence-electron chi connectivity index (χ0n) is 28.3. The number of aromatic nitrogens is 3. The molecule has 3 aromatic carbocycles. The molecule has 258 valence electrons. The van der Waals surface area contributed by atoms with Crippen LogP contribution in [0.15, 0.2) is 104 Å². The van der Waals surface area contributed by atoms with Crippen molar-refractivity contribution in [3.05, 3.63) is 120 Å². The van der Waals surface area contributed by atoms with Crippen LogP contribution in [0, 0.1) is 6.92 Å². The van der Waals surface area contributed by atoms with Gasteiger partial charge in [-0.1, -0.05) is 24.3 Å². The molecule has 3 amide bonds. The van der Waals surface area contributed by atoms with Crippen molar-refractivity contribution in [1.29, 1.82) is 0 Å². The molecule has 0 saturated carbocycles. The molecule has 51 heavy (non-hydrogen) atoms. The number of anilines is 5. The molecule has 2 fully saturated rings. The highest BCUT2D eigenvalue weighted by Crippen LogP contribution is 2.26. The Morgan fingerprint density at radius 3 is 2.51 bits per heavy atom. The lowest BCUT2D eigenvalue weighted by Gasteiger charge is -2.36. The minimum Gasteiger partial charge on any atom is -0.373 e. The summed E-state index contributed by atoms with van der Waals surface area (Å²) in [4.78, 5) is 55.0. The van der Waals surface area contributed by atoms with Gasteiger partial charge in [0, 0.05) is 91.6 Å². The van der Waals surface area contributed by atoms with Crippen molar-refractivity contribution < 1.29 is 14.4 Å². The average Bonchev–Trinajstić information content (AvgIpc) is 3.16. The van der Waals surface area contributed by atoms with E-state index in [-0.39, 0.29) is 17.7 Å². The number of pyridine rings is 1. The number of imide groups is 1. The molecule has 4 N–H and O–H groups in total. The van der Waals surface area contributed by atoms with E-state index in [0.29, 0.717) is 30.0 Å². The Morgan fingerprint density at radius 1 is 0.902 bits per heavy atom. The second kappa shape index (κ2) is 15.2. The fourth-order valence-corrected chi connectivity index (χ4v) is 6.30. The molecule has 1 unspecified atom stereocenters. The Morgan fingerprint density at radius 2 is 1.73 bits per heavy atom. The van der Waals surface area contributed by atoms with Gasteiger partial charge in [-0.15, -0.1) is 0 Å². The third-order valence-corrected chi connectivity index (χ3v) is 9.20. The number of rotatable bonds is 10. The van der Waals surface area contributed by atoms with E-state index in [1.54, 1.807) is 18.6 Å². The quantitative estimate of drug-likeness (QED) is 0.142. The molecule has 0 spiro atoms. The van der Waals surface area contributed by atoms with E-state index < -0.39 is 6.04 Å². The minimum atomic E-state index is -0.417. The summed E-state index contributed by atoms with van der Waals surface area (Å²) in [6.45, 7) is 6.18. The number of benzene rings is 3. The SMILES string of the molecule is Cc1ccc(NC(=O)c2ccc(N3CCN(Cc4ccccc4NC4CCC(=O)NC4=O)CC3)cc2)cc1Nc1nccc(-c2cccnc2)n1. The van der Waals surface area contributed by atoms with Gasteiger partial charge in [-0.2, -0.15) is 0 Å². The monoisotopic (exact) mass is 681 g/mol. The maximum Gasteiger partial charge on any atom is 0.255 e. The zero-order valence-corrected chi connectivity index (χ0v) is 28.3. The molecular formula is C39H39N9O3. The highest BCUT2D eigenvalue weighted by atomic mass is 16.2. The lowest BCUT2D eigenvalue weighted by Crippen LogP contribution is -2.48. The summed E-state index contributed by atoms with van der Waals surface area (Å²) >= 11 is 0. The van der Waals surface area contributed by atoms with E-state index in [4.69, 9.17) is 0 Å². The fourth-order valence-electron chi connectivity index (χ4n) is 6.30. The number of carbonyl (C=O) groups excluding carboxylic acids is 3. The summed E-state index contributed by atoms with van der Waals surface area (Å²) in [6.07, 6.45) is 6.01. The van der Waals surface area contributed by atoms with Crippen LogP contribution in [0.4, 0.5) is 28.7 Å². The van der Waals surface area contributed by atoms with Crippen LogP contribution in [0.1, 0.15) is 34.3 Å². The number of para-hydroxylation sites is 1. The van der Waals surface area contributed by atoms with Gasteiger partial charge in [0.15, 0.2) is 0 Å². The highest BCUT2D eigenvalue weighted by Gasteiger charge is 2.27. The second-order valence-electron chi connectivity index (χ2n) is 12.7. The summed E-state index contributed by atoms with van der Waals surface area (Å²) in [5.74, 6) is -0.236. The van der Waals surface area contributed by atoms with Gasteiger partial charge < -0.3 is 20.9 Å². The van der Waals surface area contributed by atoms with Crippen molar-refractivity contribution in [3.8, 4) is 11.3 Å². The molecule has 5 aromatic rings. The Kier molecular flexibility index (Phi) is 9.93. The summed E-state index contributed by atoms with van der Waals surface area (Å²) in [6, 6.07) is 26.7. The van der Waals surface area contributed by atoms with Crippen LogP contribution in [0.25, 0.3) is 11.3 Å². The summed E-state index contributed by atoms with van der Waals surface area (Å²) in [5, 5.41) is 12.1. The standard InChI is InChI=1S/C39H39N9O3/c1-26-8-11-30(23-35(26)45-39-41-18-16-33(44-39)28-6-4-17-40-24-28)42-37(50)27-9-12-31(13-10-27)48-21-19-47(20-22-48)25-29-5-2-3-7-32(29)43-34-14-15-36(49)46-38(34)51/h2-13,16-18,23-24,34,43H,14-15,19-22,25H2,1H3,(H,42,50)(H,41,44,45)(H,46,49,51).